The summed E-state index contributed by atoms with van der Waals surface area (Å²) in [4.78, 5) is 2.70. The van der Waals surface area contributed by atoms with Crippen LogP contribution in [0.25, 0.3) is 0 Å². The molecule has 16 heavy (non-hydrogen) atoms. The van der Waals surface area contributed by atoms with E-state index < -0.39 is 0 Å². The maximum atomic E-state index is 3.53. The Morgan fingerprint density at radius 2 is 2.12 bits per heavy atom. The van der Waals surface area contributed by atoms with Gasteiger partial charge in [-0.25, -0.2) is 0 Å². The molecule has 0 aromatic heterocycles. The van der Waals surface area contributed by atoms with Gasteiger partial charge >= 0.3 is 0 Å². The number of piperazine rings is 1. The topological polar surface area (TPSA) is 15.3 Å². The smallest absolute Gasteiger partial charge is 0.0167 e. The second-order valence-electron chi connectivity index (χ2n) is 6.05. The quantitative estimate of drug-likeness (QED) is 0.801. The maximum absolute atomic E-state index is 3.53. The Hall–Kier alpha value is 0.210. The molecule has 2 nitrogen and oxygen atoms in total. The first-order valence-corrected chi connectivity index (χ1v) is 6.77. The van der Waals surface area contributed by atoms with Crippen LogP contribution in [0, 0.1) is 17.8 Å². The van der Waals surface area contributed by atoms with Crippen LogP contribution >= 0.6 is 12.4 Å². The Bertz CT molecular complexity index is 234. The van der Waals surface area contributed by atoms with E-state index >= 15 is 0 Å². The summed E-state index contributed by atoms with van der Waals surface area (Å²) in [7, 11) is 0. The molecule has 3 rings (SSSR count). The van der Waals surface area contributed by atoms with E-state index in [9.17, 15) is 0 Å². The third-order valence-electron chi connectivity index (χ3n) is 4.83. The van der Waals surface area contributed by atoms with Gasteiger partial charge in [0.05, 0.1) is 0 Å². The van der Waals surface area contributed by atoms with Crippen LogP contribution in [0.2, 0.25) is 0 Å². The Morgan fingerprint density at radius 3 is 2.75 bits per heavy atom. The standard InChI is InChI=1S/C13H24N2.ClH/c1-10-8-15(5-4-14-10)9-13-7-11-2-3-12(13)6-11;/h10-14H,2-9H2,1H3;1H/t10-,11?,12?,13?;/m1./s1. The molecule has 0 aromatic carbocycles. The van der Waals surface area contributed by atoms with Crippen molar-refractivity contribution in [3.8, 4) is 0 Å². The molecule has 0 aromatic rings. The average molecular weight is 245 g/mol. The summed E-state index contributed by atoms with van der Waals surface area (Å²) in [5, 5.41) is 3.53. The highest BCUT2D eigenvalue weighted by atomic mass is 35.5. The molecule has 3 aliphatic rings. The van der Waals surface area contributed by atoms with Crippen molar-refractivity contribution in [3.05, 3.63) is 0 Å². The highest BCUT2D eigenvalue weighted by Crippen LogP contribution is 2.48. The predicted molar refractivity (Wildman–Crippen MR) is 70.1 cm³/mol. The molecule has 0 spiro atoms. The second kappa shape index (κ2) is 5.24. The fourth-order valence-corrected chi connectivity index (χ4v) is 4.11. The van der Waals surface area contributed by atoms with E-state index in [4.69, 9.17) is 0 Å². The number of rotatable bonds is 2. The minimum Gasteiger partial charge on any atom is -0.312 e. The van der Waals surface area contributed by atoms with E-state index in [2.05, 4.69) is 17.1 Å². The highest BCUT2D eigenvalue weighted by molar-refractivity contribution is 5.85. The van der Waals surface area contributed by atoms with E-state index in [0.717, 1.165) is 17.8 Å². The van der Waals surface area contributed by atoms with Gasteiger partial charge in [-0.05, 0) is 43.9 Å². The Labute approximate surface area is 106 Å². The number of hydrogen-bond acceptors (Lipinski definition) is 2. The van der Waals surface area contributed by atoms with Crippen LogP contribution < -0.4 is 5.32 Å². The maximum Gasteiger partial charge on any atom is 0.0167 e. The van der Waals surface area contributed by atoms with Crippen molar-refractivity contribution in [1.82, 2.24) is 10.2 Å². The van der Waals surface area contributed by atoms with Gasteiger partial charge < -0.3 is 10.2 Å². The van der Waals surface area contributed by atoms with Gasteiger partial charge in [0.2, 0.25) is 0 Å². The van der Waals surface area contributed by atoms with Crippen LogP contribution in [0.5, 0.6) is 0 Å². The van der Waals surface area contributed by atoms with Crippen LogP contribution in [0.4, 0.5) is 0 Å². The first-order chi connectivity index (χ1) is 7.31. The molecule has 4 atom stereocenters. The van der Waals surface area contributed by atoms with E-state index in [1.165, 1.54) is 32.6 Å². The van der Waals surface area contributed by atoms with Gasteiger partial charge in [-0.1, -0.05) is 6.42 Å². The van der Waals surface area contributed by atoms with Crippen molar-refractivity contribution >= 4 is 12.4 Å². The molecular formula is C13H25ClN2. The second-order valence-corrected chi connectivity index (χ2v) is 6.05. The zero-order chi connectivity index (χ0) is 10.3. The SMILES string of the molecule is C[C@@H]1CN(CC2CC3CCC2C3)CCN1.Cl. The molecule has 1 N–H and O–H groups in total. The summed E-state index contributed by atoms with van der Waals surface area (Å²) in [6.07, 6.45) is 6.19. The van der Waals surface area contributed by atoms with Gasteiger partial charge in [-0.3, -0.25) is 0 Å². The molecule has 1 aliphatic heterocycles. The zero-order valence-corrected chi connectivity index (χ0v) is 11.1. The minimum atomic E-state index is 0. The zero-order valence-electron chi connectivity index (χ0n) is 10.3. The van der Waals surface area contributed by atoms with Crippen LogP contribution in [-0.2, 0) is 0 Å². The summed E-state index contributed by atoms with van der Waals surface area (Å²) in [5.41, 5.74) is 0. The summed E-state index contributed by atoms with van der Waals surface area (Å²) >= 11 is 0. The lowest BCUT2D eigenvalue weighted by atomic mass is 9.88. The van der Waals surface area contributed by atoms with E-state index in [1.807, 2.05) is 0 Å². The van der Waals surface area contributed by atoms with Crippen LogP contribution in [-0.4, -0.2) is 37.1 Å². The first kappa shape index (κ1) is 12.7. The third kappa shape index (κ3) is 2.55. The molecule has 2 aliphatic carbocycles. The average Bonchev–Trinajstić information content (AvgIpc) is 2.79. The molecule has 3 heteroatoms. The van der Waals surface area contributed by atoms with Gasteiger partial charge in [0.15, 0.2) is 0 Å². The molecule has 0 radical (unpaired) electrons. The van der Waals surface area contributed by atoms with E-state index in [1.54, 1.807) is 19.3 Å². The molecular weight excluding hydrogens is 220 g/mol. The fraction of sp³-hybridized carbons (Fsp3) is 1.00. The first-order valence-electron chi connectivity index (χ1n) is 6.77. The molecule has 3 fully saturated rings. The lowest BCUT2D eigenvalue weighted by Gasteiger charge is -2.35. The highest BCUT2D eigenvalue weighted by Gasteiger charge is 2.40. The van der Waals surface area contributed by atoms with Gasteiger partial charge in [0, 0.05) is 32.2 Å². The van der Waals surface area contributed by atoms with Crippen molar-refractivity contribution in [2.75, 3.05) is 26.2 Å². The van der Waals surface area contributed by atoms with Crippen molar-refractivity contribution in [2.24, 2.45) is 17.8 Å². The lowest BCUT2D eigenvalue weighted by molar-refractivity contribution is 0.153. The molecule has 1 heterocycles. The van der Waals surface area contributed by atoms with Crippen molar-refractivity contribution in [2.45, 2.75) is 38.6 Å². The summed E-state index contributed by atoms with van der Waals surface area (Å²) < 4.78 is 0. The fourth-order valence-electron chi connectivity index (χ4n) is 4.11. The van der Waals surface area contributed by atoms with Gasteiger partial charge in [-0.15, -0.1) is 12.4 Å². The Balaban J connectivity index is 0.000000963. The third-order valence-corrected chi connectivity index (χ3v) is 4.83. The minimum absolute atomic E-state index is 0. The number of fused-ring (bicyclic) bond motifs is 2. The van der Waals surface area contributed by atoms with Crippen molar-refractivity contribution < 1.29 is 0 Å². The molecule has 0 amide bonds. The number of hydrogen-bond donors (Lipinski definition) is 1. The largest absolute Gasteiger partial charge is 0.312 e. The summed E-state index contributed by atoms with van der Waals surface area (Å²) in [6, 6.07) is 0.706. The summed E-state index contributed by atoms with van der Waals surface area (Å²) in [6.45, 7) is 7.45. The molecule has 2 saturated carbocycles. The Kier molecular flexibility index (Phi) is 4.15. The Morgan fingerprint density at radius 1 is 1.25 bits per heavy atom. The number of nitrogens with one attached hydrogen (secondary N) is 1. The number of halogens is 1. The van der Waals surface area contributed by atoms with Crippen LogP contribution in [0.15, 0.2) is 0 Å². The molecule has 3 unspecified atom stereocenters. The molecule has 94 valence electrons. The predicted octanol–water partition coefficient (Wildman–Crippen LogP) is 2.14. The van der Waals surface area contributed by atoms with E-state index in [0.29, 0.717) is 6.04 Å². The van der Waals surface area contributed by atoms with Crippen molar-refractivity contribution in [1.29, 1.82) is 0 Å². The normalized spacial score (nSPS) is 43.3. The van der Waals surface area contributed by atoms with Crippen molar-refractivity contribution in [3.63, 3.8) is 0 Å². The van der Waals surface area contributed by atoms with Crippen LogP contribution in [0.1, 0.15) is 32.6 Å². The summed E-state index contributed by atoms with van der Waals surface area (Å²) in [5.74, 6) is 3.26. The molecule has 1 saturated heterocycles. The van der Waals surface area contributed by atoms with Gasteiger partial charge in [-0.2, -0.15) is 0 Å². The van der Waals surface area contributed by atoms with Crippen LogP contribution in [0.3, 0.4) is 0 Å². The monoisotopic (exact) mass is 244 g/mol. The van der Waals surface area contributed by atoms with E-state index in [-0.39, 0.29) is 12.4 Å². The van der Waals surface area contributed by atoms with Gasteiger partial charge in [0.1, 0.15) is 0 Å². The lowest BCUT2D eigenvalue weighted by Crippen LogP contribution is -2.50. The van der Waals surface area contributed by atoms with Gasteiger partial charge in [0.25, 0.3) is 0 Å². The number of nitrogens with zero attached hydrogens (tertiary/aromatic N) is 1. The molecule has 2 bridgehead atoms.